The van der Waals surface area contributed by atoms with E-state index in [-0.39, 0.29) is 18.5 Å². The molecule has 1 amide bonds. The number of nitrogens with two attached hydrogens (primary N) is 1. The largest absolute Gasteiger partial charge is 0.481 e. The number of rotatable bonds is 5. The molecule has 4 N–H and O–H groups in total. The average Bonchev–Trinajstić information content (AvgIpc) is 2.60. The van der Waals surface area contributed by atoms with Crippen molar-refractivity contribution in [1.29, 1.82) is 0 Å². The van der Waals surface area contributed by atoms with Gasteiger partial charge in [0, 0.05) is 12.6 Å². The summed E-state index contributed by atoms with van der Waals surface area (Å²) in [6.45, 7) is 3.85. The number of carboxylic acids is 1. The van der Waals surface area contributed by atoms with Crippen molar-refractivity contribution in [2.75, 3.05) is 6.54 Å². The van der Waals surface area contributed by atoms with E-state index in [4.69, 9.17) is 10.8 Å². The Morgan fingerprint density at radius 2 is 2.24 bits per heavy atom. The number of nitrogens with one attached hydrogen (secondary N) is 1. The Hall–Kier alpha value is -1.10. The van der Waals surface area contributed by atoms with Crippen LogP contribution in [0.15, 0.2) is 0 Å². The highest BCUT2D eigenvalue weighted by Gasteiger charge is 2.42. The normalized spacial score (nSPS) is 29.9. The molecular formula is C12H22N2O3. The highest BCUT2D eigenvalue weighted by Crippen LogP contribution is 2.36. The lowest BCUT2D eigenvalue weighted by Gasteiger charge is -2.28. The van der Waals surface area contributed by atoms with Gasteiger partial charge in [-0.05, 0) is 26.2 Å². The fourth-order valence-corrected chi connectivity index (χ4v) is 2.30. The molecule has 0 aromatic heterocycles. The predicted octanol–water partition coefficient (Wildman–Crippen LogP) is 0.731. The average molecular weight is 242 g/mol. The van der Waals surface area contributed by atoms with Crippen molar-refractivity contribution >= 4 is 11.9 Å². The molecule has 1 aliphatic carbocycles. The number of carboxylic acid groups (broad SMARTS) is 1. The van der Waals surface area contributed by atoms with Gasteiger partial charge in [-0.15, -0.1) is 0 Å². The van der Waals surface area contributed by atoms with E-state index in [0.717, 1.165) is 19.3 Å². The van der Waals surface area contributed by atoms with E-state index >= 15 is 0 Å². The molecule has 0 bridgehead atoms. The van der Waals surface area contributed by atoms with Crippen molar-refractivity contribution in [2.45, 2.75) is 45.6 Å². The maximum absolute atomic E-state index is 12.0. The Kier molecular flexibility index (Phi) is 4.51. The number of amides is 1. The quantitative estimate of drug-likeness (QED) is 0.662. The topological polar surface area (TPSA) is 92.4 Å². The first-order valence-electron chi connectivity index (χ1n) is 6.18. The lowest BCUT2D eigenvalue weighted by atomic mass is 9.84. The monoisotopic (exact) mass is 242 g/mol. The lowest BCUT2D eigenvalue weighted by Crippen LogP contribution is -2.48. The van der Waals surface area contributed by atoms with E-state index in [2.05, 4.69) is 5.32 Å². The van der Waals surface area contributed by atoms with Gasteiger partial charge in [0.1, 0.15) is 0 Å². The number of hydrogen-bond acceptors (Lipinski definition) is 3. The number of hydrogen-bond donors (Lipinski definition) is 3. The van der Waals surface area contributed by atoms with Gasteiger partial charge in [-0.2, -0.15) is 0 Å². The van der Waals surface area contributed by atoms with Crippen LogP contribution in [-0.4, -0.2) is 29.6 Å². The molecule has 0 heterocycles. The summed E-state index contributed by atoms with van der Waals surface area (Å²) in [5.41, 5.74) is 5.40. The van der Waals surface area contributed by atoms with Crippen molar-refractivity contribution in [3.63, 3.8) is 0 Å². The highest BCUT2D eigenvalue weighted by atomic mass is 16.4. The van der Waals surface area contributed by atoms with Crippen LogP contribution >= 0.6 is 0 Å². The molecule has 1 fully saturated rings. The summed E-state index contributed by atoms with van der Waals surface area (Å²) >= 11 is 0. The first-order valence-corrected chi connectivity index (χ1v) is 6.18. The molecule has 0 radical (unpaired) electrons. The number of carbonyl (C=O) groups is 2. The molecule has 5 nitrogen and oxygen atoms in total. The van der Waals surface area contributed by atoms with Crippen molar-refractivity contribution in [1.82, 2.24) is 5.32 Å². The van der Waals surface area contributed by atoms with Gasteiger partial charge in [0.15, 0.2) is 0 Å². The van der Waals surface area contributed by atoms with E-state index < -0.39 is 17.3 Å². The van der Waals surface area contributed by atoms with Gasteiger partial charge in [-0.3, -0.25) is 9.59 Å². The van der Waals surface area contributed by atoms with Gasteiger partial charge in [0.25, 0.3) is 0 Å². The van der Waals surface area contributed by atoms with Gasteiger partial charge < -0.3 is 16.2 Å². The minimum atomic E-state index is -0.867. The van der Waals surface area contributed by atoms with Crippen LogP contribution in [0.4, 0.5) is 0 Å². The maximum Gasteiger partial charge on any atom is 0.308 e. The molecule has 1 saturated carbocycles. The fraction of sp³-hybridized carbons (Fsp3) is 0.833. The molecule has 98 valence electrons. The molecule has 0 saturated heterocycles. The summed E-state index contributed by atoms with van der Waals surface area (Å²) in [5.74, 6) is -1.49. The molecule has 3 atom stereocenters. The van der Waals surface area contributed by atoms with Gasteiger partial charge in [-0.1, -0.05) is 13.3 Å². The summed E-state index contributed by atoms with van der Waals surface area (Å²) in [6, 6.07) is -0.118. The van der Waals surface area contributed by atoms with E-state index in [1.807, 2.05) is 6.92 Å². The van der Waals surface area contributed by atoms with Crippen LogP contribution < -0.4 is 11.1 Å². The minimum Gasteiger partial charge on any atom is -0.481 e. The van der Waals surface area contributed by atoms with Crippen LogP contribution in [-0.2, 0) is 9.59 Å². The van der Waals surface area contributed by atoms with E-state index in [1.54, 1.807) is 6.92 Å². The molecule has 5 heteroatoms. The highest BCUT2D eigenvalue weighted by molar-refractivity contribution is 5.84. The summed E-state index contributed by atoms with van der Waals surface area (Å²) in [4.78, 5) is 22.9. The third-order valence-corrected chi connectivity index (χ3v) is 3.90. The first kappa shape index (κ1) is 14.0. The molecule has 17 heavy (non-hydrogen) atoms. The fourth-order valence-electron chi connectivity index (χ4n) is 2.30. The Bertz CT molecular complexity index is 306. The van der Waals surface area contributed by atoms with Gasteiger partial charge in [-0.25, -0.2) is 0 Å². The predicted molar refractivity (Wildman–Crippen MR) is 64.4 cm³/mol. The Labute approximate surface area is 102 Å². The summed E-state index contributed by atoms with van der Waals surface area (Å²) in [7, 11) is 0. The zero-order valence-corrected chi connectivity index (χ0v) is 10.5. The second kappa shape index (κ2) is 5.49. The Morgan fingerprint density at radius 1 is 1.59 bits per heavy atom. The standard InChI is InChI=1S/C12H22N2O3/c1-3-8(10(15)16)7-14-11(17)12(2)6-4-5-9(12)13/h8-9H,3-7,13H2,1-2H3,(H,14,17)(H,15,16). The second-order valence-corrected chi connectivity index (χ2v) is 5.07. The van der Waals surface area contributed by atoms with Gasteiger partial charge >= 0.3 is 5.97 Å². The van der Waals surface area contributed by atoms with Crippen molar-refractivity contribution < 1.29 is 14.7 Å². The van der Waals surface area contributed by atoms with Crippen LogP contribution in [0.5, 0.6) is 0 Å². The van der Waals surface area contributed by atoms with Crippen molar-refractivity contribution in [2.24, 2.45) is 17.1 Å². The van der Waals surface area contributed by atoms with Crippen LogP contribution in [0.3, 0.4) is 0 Å². The van der Waals surface area contributed by atoms with E-state index in [9.17, 15) is 9.59 Å². The summed E-state index contributed by atoms with van der Waals surface area (Å²) in [6.07, 6.45) is 3.11. The van der Waals surface area contributed by atoms with Crippen molar-refractivity contribution in [3.8, 4) is 0 Å². The Balaban J connectivity index is 2.52. The first-order chi connectivity index (χ1) is 7.91. The van der Waals surface area contributed by atoms with E-state index in [1.165, 1.54) is 0 Å². The smallest absolute Gasteiger partial charge is 0.308 e. The summed E-state index contributed by atoms with van der Waals surface area (Å²) < 4.78 is 0. The molecule has 0 aromatic rings. The molecule has 0 aromatic carbocycles. The van der Waals surface area contributed by atoms with Crippen molar-refractivity contribution in [3.05, 3.63) is 0 Å². The zero-order valence-electron chi connectivity index (χ0n) is 10.5. The molecule has 1 aliphatic rings. The van der Waals surface area contributed by atoms with Crippen LogP contribution in [0.25, 0.3) is 0 Å². The van der Waals surface area contributed by atoms with Crippen LogP contribution in [0, 0.1) is 11.3 Å². The Morgan fingerprint density at radius 3 is 2.65 bits per heavy atom. The molecule has 3 unspecified atom stereocenters. The molecule has 0 aliphatic heterocycles. The molecule has 0 spiro atoms. The second-order valence-electron chi connectivity index (χ2n) is 5.07. The van der Waals surface area contributed by atoms with Gasteiger partial charge in [0.05, 0.1) is 11.3 Å². The maximum atomic E-state index is 12.0. The molecule has 1 rings (SSSR count). The van der Waals surface area contributed by atoms with Crippen LogP contribution in [0.1, 0.15) is 39.5 Å². The third-order valence-electron chi connectivity index (χ3n) is 3.90. The summed E-state index contributed by atoms with van der Waals surface area (Å²) in [5, 5.41) is 11.6. The number of carbonyl (C=O) groups excluding carboxylic acids is 1. The third kappa shape index (κ3) is 2.97. The SMILES string of the molecule is CCC(CNC(=O)C1(C)CCCC1N)C(=O)O. The minimum absolute atomic E-state index is 0.109. The van der Waals surface area contributed by atoms with Crippen LogP contribution in [0.2, 0.25) is 0 Å². The van der Waals surface area contributed by atoms with Gasteiger partial charge in [0.2, 0.25) is 5.91 Å². The number of aliphatic carboxylic acids is 1. The zero-order chi connectivity index (χ0) is 13.1. The lowest BCUT2D eigenvalue weighted by molar-refractivity contribution is -0.142. The molecular weight excluding hydrogens is 220 g/mol. The van der Waals surface area contributed by atoms with E-state index in [0.29, 0.717) is 6.42 Å².